The zero-order valence-electron chi connectivity index (χ0n) is 13.6. The summed E-state index contributed by atoms with van der Waals surface area (Å²) in [4.78, 5) is 17.8. The third-order valence-corrected chi connectivity index (χ3v) is 5.38. The van der Waals surface area contributed by atoms with Crippen molar-refractivity contribution in [2.75, 3.05) is 32.8 Å². The van der Waals surface area contributed by atoms with Crippen molar-refractivity contribution in [2.24, 2.45) is 17.8 Å². The number of nitrogens with zero attached hydrogens (tertiary/aromatic N) is 1. The number of piperidine rings is 1. The quantitative estimate of drug-likeness (QED) is 0.755. The lowest BCUT2D eigenvalue weighted by Gasteiger charge is -2.17. The fourth-order valence-electron chi connectivity index (χ4n) is 3.98. The van der Waals surface area contributed by atoms with Crippen LogP contribution in [0.1, 0.15) is 10.5 Å². The lowest BCUT2D eigenvalue weighted by Crippen LogP contribution is -2.32. The van der Waals surface area contributed by atoms with E-state index in [2.05, 4.69) is 15.2 Å². The molecule has 24 heavy (non-hydrogen) atoms. The van der Waals surface area contributed by atoms with E-state index in [0.717, 1.165) is 37.4 Å². The second kappa shape index (κ2) is 6.42. The second-order valence-electron chi connectivity index (χ2n) is 6.84. The lowest BCUT2D eigenvalue weighted by molar-refractivity contribution is 0.0945. The number of aliphatic hydroxyl groups excluding tert-OH is 1. The second-order valence-corrected chi connectivity index (χ2v) is 6.84. The lowest BCUT2D eigenvalue weighted by atomic mass is 10.2. The van der Waals surface area contributed by atoms with E-state index in [1.165, 1.54) is 0 Å². The summed E-state index contributed by atoms with van der Waals surface area (Å²) in [6.45, 7) is 3.88. The molecule has 0 radical (unpaired) electrons. The van der Waals surface area contributed by atoms with Crippen molar-refractivity contribution in [1.82, 2.24) is 15.2 Å². The molecule has 5 heteroatoms. The molecule has 2 aromatic rings. The number of carbonyl (C=O) groups is 1. The Morgan fingerprint density at radius 2 is 1.92 bits per heavy atom. The number of likely N-dealkylation sites (tertiary alicyclic amines) is 1. The average molecular weight is 325 g/mol. The van der Waals surface area contributed by atoms with Gasteiger partial charge in [-0.25, -0.2) is 0 Å². The Labute approximate surface area is 141 Å². The molecule has 4 rings (SSSR count). The molecule has 1 aromatic carbocycles. The Kier molecular flexibility index (Phi) is 4.12. The first-order chi connectivity index (χ1) is 11.8. The molecule has 2 atom stereocenters. The molecule has 3 N–H and O–H groups in total. The first-order valence-corrected chi connectivity index (χ1v) is 8.62. The van der Waals surface area contributed by atoms with Gasteiger partial charge in [0.25, 0.3) is 5.91 Å². The predicted molar refractivity (Wildman–Crippen MR) is 92.6 cm³/mol. The number of H-pyrrole nitrogens is 1. The van der Waals surface area contributed by atoms with E-state index in [0.29, 0.717) is 23.4 Å². The Bertz CT molecular complexity index is 700. The van der Waals surface area contributed by atoms with Crippen molar-refractivity contribution < 1.29 is 9.90 Å². The van der Waals surface area contributed by atoms with Gasteiger partial charge < -0.3 is 20.3 Å². The van der Waals surface area contributed by atoms with Gasteiger partial charge in [-0.05, 0) is 35.4 Å². The smallest absolute Gasteiger partial charge is 0.267 e. The Balaban J connectivity index is 1.29. The number of amides is 1. The largest absolute Gasteiger partial charge is 0.395 e. The standard InChI is InChI=1S/C19H23N3O2/c23-9-8-22-11-15-14(16(15)12-22)10-20-19(24)18-7-6-17(21-18)13-4-2-1-3-5-13/h1-7,14-16,21,23H,8-12H2,(H,20,24). The highest BCUT2D eigenvalue weighted by Crippen LogP contribution is 2.51. The monoisotopic (exact) mass is 325 g/mol. The first-order valence-electron chi connectivity index (χ1n) is 8.62. The van der Waals surface area contributed by atoms with E-state index < -0.39 is 0 Å². The first kappa shape index (κ1) is 15.4. The van der Waals surface area contributed by atoms with E-state index in [1.807, 2.05) is 42.5 Å². The maximum atomic E-state index is 12.3. The molecule has 2 fully saturated rings. The van der Waals surface area contributed by atoms with Crippen molar-refractivity contribution in [3.63, 3.8) is 0 Å². The SMILES string of the molecule is O=C(NCC1C2CN(CCO)CC12)c1ccc(-c2ccccc2)[nH]1. The van der Waals surface area contributed by atoms with Crippen LogP contribution in [0.15, 0.2) is 42.5 Å². The molecule has 126 valence electrons. The van der Waals surface area contributed by atoms with Gasteiger partial charge in [-0.15, -0.1) is 0 Å². The van der Waals surface area contributed by atoms with Crippen LogP contribution in [0.2, 0.25) is 0 Å². The summed E-state index contributed by atoms with van der Waals surface area (Å²) in [5.74, 6) is 1.96. The van der Waals surface area contributed by atoms with Crippen molar-refractivity contribution in [2.45, 2.75) is 0 Å². The van der Waals surface area contributed by atoms with Gasteiger partial charge in [0.1, 0.15) is 5.69 Å². The summed E-state index contributed by atoms with van der Waals surface area (Å²) in [6, 6.07) is 13.8. The summed E-state index contributed by atoms with van der Waals surface area (Å²) in [6.07, 6.45) is 0. The number of carbonyl (C=O) groups excluding carboxylic acids is 1. The molecule has 1 saturated carbocycles. The number of benzene rings is 1. The Morgan fingerprint density at radius 3 is 2.62 bits per heavy atom. The molecule has 1 amide bonds. The van der Waals surface area contributed by atoms with E-state index in [4.69, 9.17) is 5.11 Å². The zero-order valence-corrected chi connectivity index (χ0v) is 13.6. The minimum absolute atomic E-state index is 0.0330. The Hall–Kier alpha value is -2.11. The molecule has 0 spiro atoms. The van der Waals surface area contributed by atoms with Crippen molar-refractivity contribution in [3.8, 4) is 11.3 Å². The van der Waals surface area contributed by atoms with E-state index in [1.54, 1.807) is 0 Å². The summed E-state index contributed by atoms with van der Waals surface area (Å²) in [7, 11) is 0. The number of aliphatic hydroxyl groups is 1. The number of nitrogens with one attached hydrogen (secondary N) is 2. The highest BCUT2D eigenvalue weighted by atomic mass is 16.3. The molecule has 1 aromatic heterocycles. The zero-order chi connectivity index (χ0) is 16.5. The summed E-state index contributed by atoms with van der Waals surface area (Å²) in [5.41, 5.74) is 2.66. The van der Waals surface area contributed by atoms with Gasteiger partial charge in [0.2, 0.25) is 0 Å². The number of hydrogen-bond donors (Lipinski definition) is 3. The molecular formula is C19H23N3O2. The maximum absolute atomic E-state index is 12.3. The summed E-state index contributed by atoms with van der Waals surface area (Å²) in [5, 5.41) is 12.0. The van der Waals surface area contributed by atoms with E-state index >= 15 is 0 Å². The molecule has 2 aliphatic rings. The molecule has 1 aliphatic carbocycles. The van der Waals surface area contributed by atoms with Crippen LogP contribution < -0.4 is 5.32 Å². The van der Waals surface area contributed by atoms with Crippen molar-refractivity contribution >= 4 is 5.91 Å². The Morgan fingerprint density at radius 1 is 1.17 bits per heavy atom. The van der Waals surface area contributed by atoms with Gasteiger partial charge in [0.15, 0.2) is 0 Å². The van der Waals surface area contributed by atoms with Gasteiger partial charge in [0, 0.05) is 31.9 Å². The maximum Gasteiger partial charge on any atom is 0.267 e. The third-order valence-electron chi connectivity index (χ3n) is 5.38. The van der Waals surface area contributed by atoms with Crippen LogP contribution in [-0.2, 0) is 0 Å². The van der Waals surface area contributed by atoms with Crippen molar-refractivity contribution in [1.29, 1.82) is 0 Å². The van der Waals surface area contributed by atoms with Crippen LogP contribution in [0.3, 0.4) is 0 Å². The summed E-state index contributed by atoms with van der Waals surface area (Å²) < 4.78 is 0. The fraction of sp³-hybridized carbons (Fsp3) is 0.421. The topological polar surface area (TPSA) is 68.4 Å². The predicted octanol–water partition coefficient (Wildman–Crippen LogP) is 1.58. The van der Waals surface area contributed by atoms with Gasteiger partial charge in [-0.3, -0.25) is 4.79 Å². The highest BCUT2D eigenvalue weighted by molar-refractivity contribution is 5.93. The number of aromatic nitrogens is 1. The van der Waals surface area contributed by atoms with Crippen LogP contribution in [-0.4, -0.2) is 53.7 Å². The summed E-state index contributed by atoms with van der Waals surface area (Å²) >= 11 is 0. The van der Waals surface area contributed by atoms with Crippen LogP contribution in [0.4, 0.5) is 0 Å². The van der Waals surface area contributed by atoms with E-state index in [-0.39, 0.29) is 12.5 Å². The van der Waals surface area contributed by atoms with Crippen LogP contribution in [0.25, 0.3) is 11.3 Å². The number of β-amino-alcohol motifs (C(OH)–C–C–N with tert-alkyl or cyclic N) is 1. The normalized spacial score (nSPS) is 25.5. The van der Waals surface area contributed by atoms with Crippen LogP contribution in [0.5, 0.6) is 0 Å². The minimum atomic E-state index is -0.0330. The van der Waals surface area contributed by atoms with Gasteiger partial charge in [-0.2, -0.15) is 0 Å². The van der Waals surface area contributed by atoms with Gasteiger partial charge in [-0.1, -0.05) is 30.3 Å². The molecule has 5 nitrogen and oxygen atoms in total. The minimum Gasteiger partial charge on any atom is -0.395 e. The number of rotatable bonds is 6. The molecule has 0 bridgehead atoms. The molecular weight excluding hydrogens is 302 g/mol. The number of aromatic amines is 1. The molecule has 1 saturated heterocycles. The number of fused-ring (bicyclic) bond motifs is 1. The van der Waals surface area contributed by atoms with Gasteiger partial charge >= 0.3 is 0 Å². The molecule has 2 heterocycles. The molecule has 1 aliphatic heterocycles. The molecule has 2 unspecified atom stereocenters. The van der Waals surface area contributed by atoms with E-state index in [9.17, 15) is 4.79 Å². The fourth-order valence-corrected chi connectivity index (χ4v) is 3.98. The third kappa shape index (κ3) is 2.97. The van der Waals surface area contributed by atoms with Crippen LogP contribution in [0, 0.1) is 17.8 Å². The van der Waals surface area contributed by atoms with Crippen LogP contribution >= 0.6 is 0 Å². The average Bonchev–Trinajstić information content (AvgIpc) is 3.01. The highest BCUT2D eigenvalue weighted by Gasteiger charge is 2.54. The van der Waals surface area contributed by atoms with Crippen molar-refractivity contribution in [3.05, 3.63) is 48.2 Å². The number of hydrogen-bond acceptors (Lipinski definition) is 3. The van der Waals surface area contributed by atoms with Gasteiger partial charge in [0.05, 0.1) is 6.61 Å².